The largest absolute Gasteiger partial charge is 0.496 e. The van der Waals surface area contributed by atoms with Crippen LogP contribution in [0.4, 0.5) is 0 Å². The number of rotatable bonds is 7. The van der Waals surface area contributed by atoms with Crippen LogP contribution in [-0.4, -0.2) is 43.3 Å². The van der Waals surface area contributed by atoms with Crippen LogP contribution in [0.3, 0.4) is 0 Å². The molecule has 21 heavy (non-hydrogen) atoms. The molecule has 0 saturated carbocycles. The van der Waals surface area contributed by atoms with Gasteiger partial charge in [-0.1, -0.05) is 15.9 Å². The summed E-state index contributed by atoms with van der Waals surface area (Å²) in [4.78, 5) is 23.3. The standard InChI is InChI=1S/C14H18BrNO5/c1-14(8-20-2,13(18)19)16-12(17)7-9-6-10(15)4-5-11(9)21-3/h4-6H,7-8H2,1-3H3,(H,16,17)(H,18,19). The highest BCUT2D eigenvalue weighted by Gasteiger charge is 2.35. The number of ether oxygens (including phenoxy) is 2. The van der Waals surface area contributed by atoms with Crippen LogP contribution >= 0.6 is 15.9 Å². The van der Waals surface area contributed by atoms with Crippen molar-refractivity contribution in [2.24, 2.45) is 0 Å². The van der Waals surface area contributed by atoms with Gasteiger partial charge < -0.3 is 19.9 Å². The van der Waals surface area contributed by atoms with E-state index < -0.39 is 17.4 Å². The van der Waals surface area contributed by atoms with Crippen LogP contribution in [-0.2, 0) is 20.7 Å². The molecule has 0 aliphatic rings. The minimum absolute atomic E-state index is 0.00912. The second-order valence-corrected chi connectivity index (χ2v) is 5.67. The molecule has 2 N–H and O–H groups in total. The van der Waals surface area contributed by atoms with Crippen molar-refractivity contribution in [3.05, 3.63) is 28.2 Å². The van der Waals surface area contributed by atoms with E-state index in [-0.39, 0.29) is 13.0 Å². The van der Waals surface area contributed by atoms with Crippen molar-refractivity contribution in [3.63, 3.8) is 0 Å². The number of aliphatic carboxylic acids is 1. The quantitative estimate of drug-likeness (QED) is 0.772. The van der Waals surface area contributed by atoms with Crippen LogP contribution in [0.25, 0.3) is 0 Å². The zero-order valence-electron chi connectivity index (χ0n) is 12.1. The summed E-state index contributed by atoms with van der Waals surface area (Å²) >= 11 is 3.32. The molecular formula is C14H18BrNO5. The Balaban J connectivity index is 2.86. The molecule has 0 aliphatic heterocycles. The van der Waals surface area contributed by atoms with Crippen LogP contribution < -0.4 is 10.1 Å². The highest BCUT2D eigenvalue weighted by Crippen LogP contribution is 2.23. The van der Waals surface area contributed by atoms with Crippen molar-refractivity contribution in [2.45, 2.75) is 18.9 Å². The molecule has 6 nitrogen and oxygen atoms in total. The van der Waals surface area contributed by atoms with E-state index in [1.165, 1.54) is 21.1 Å². The van der Waals surface area contributed by atoms with Gasteiger partial charge in [-0.15, -0.1) is 0 Å². The number of hydrogen-bond donors (Lipinski definition) is 2. The van der Waals surface area contributed by atoms with Crippen molar-refractivity contribution in [1.82, 2.24) is 5.32 Å². The van der Waals surface area contributed by atoms with Crippen LogP contribution in [0.1, 0.15) is 12.5 Å². The molecule has 0 radical (unpaired) electrons. The van der Waals surface area contributed by atoms with Crippen LogP contribution in [0, 0.1) is 0 Å². The molecule has 1 aromatic carbocycles. The lowest BCUT2D eigenvalue weighted by atomic mass is 10.0. The average Bonchev–Trinajstić information content (AvgIpc) is 2.38. The number of hydrogen-bond acceptors (Lipinski definition) is 4. The van der Waals surface area contributed by atoms with Gasteiger partial charge in [-0.3, -0.25) is 4.79 Å². The fraction of sp³-hybridized carbons (Fsp3) is 0.429. The average molecular weight is 360 g/mol. The van der Waals surface area contributed by atoms with Crippen LogP contribution in [0.15, 0.2) is 22.7 Å². The predicted octanol–water partition coefficient (Wildman–Crippen LogP) is 1.61. The van der Waals surface area contributed by atoms with E-state index >= 15 is 0 Å². The van der Waals surface area contributed by atoms with E-state index in [1.807, 2.05) is 0 Å². The summed E-state index contributed by atoms with van der Waals surface area (Å²) in [5.41, 5.74) is -0.806. The number of carboxylic acid groups (broad SMARTS) is 1. The van der Waals surface area contributed by atoms with Gasteiger partial charge in [0.1, 0.15) is 5.75 Å². The minimum atomic E-state index is -1.47. The maximum Gasteiger partial charge on any atom is 0.331 e. The molecular weight excluding hydrogens is 342 g/mol. The molecule has 116 valence electrons. The fourth-order valence-electron chi connectivity index (χ4n) is 1.85. The lowest BCUT2D eigenvalue weighted by Crippen LogP contribution is -2.55. The SMILES string of the molecule is COCC(C)(NC(=O)Cc1cc(Br)ccc1OC)C(=O)O. The highest BCUT2D eigenvalue weighted by molar-refractivity contribution is 9.10. The second-order valence-electron chi connectivity index (χ2n) is 4.75. The summed E-state index contributed by atoms with van der Waals surface area (Å²) in [6.07, 6.45) is 0.00912. The van der Waals surface area contributed by atoms with Gasteiger partial charge in [0.05, 0.1) is 20.1 Å². The molecule has 0 fully saturated rings. The van der Waals surface area contributed by atoms with E-state index in [2.05, 4.69) is 21.2 Å². The monoisotopic (exact) mass is 359 g/mol. The van der Waals surface area contributed by atoms with Crippen LogP contribution in [0.2, 0.25) is 0 Å². The van der Waals surface area contributed by atoms with E-state index in [1.54, 1.807) is 18.2 Å². The summed E-state index contributed by atoms with van der Waals surface area (Å²) in [6.45, 7) is 1.28. The number of carboxylic acids is 1. The Labute approximate surface area is 131 Å². The topological polar surface area (TPSA) is 84.9 Å². The Morgan fingerprint density at radius 1 is 1.38 bits per heavy atom. The summed E-state index contributed by atoms with van der Waals surface area (Å²) in [7, 11) is 2.89. The summed E-state index contributed by atoms with van der Waals surface area (Å²) < 4.78 is 10.8. The Kier molecular flexibility index (Phi) is 6.17. The molecule has 0 heterocycles. The van der Waals surface area contributed by atoms with E-state index in [9.17, 15) is 14.7 Å². The van der Waals surface area contributed by atoms with Gasteiger partial charge in [-0.25, -0.2) is 4.79 Å². The summed E-state index contributed by atoms with van der Waals surface area (Å²) in [5, 5.41) is 11.7. The van der Waals surface area contributed by atoms with E-state index in [4.69, 9.17) is 9.47 Å². The van der Waals surface area contributed by atoms with Gasteiger partial charge in [-0.05, 0) is 25.1 Å². The van der Waals surface area contributed by atoms with E-state index in [0.717, 1.165) is 4.47 Å². The number of halogens is 1. The third-order valence-corrected chi connectivity index (χ3v) is 3.41. The predicted molar refractivity (Wildman–Crippen MR) is 80.5 cm³/mol. The van der Waals surface area contributed by atoms with Gasteiger partial charge in [0, 0.05) is 17.1 Å². The summed E-state index contributed by atoms with van der Waals surface area (Å²) in [5.74, 6) is -1.01. The number of methoxy groups -OCH3 is 2. The Morgan fingerprint density at radius 3 is 2.57 bits per heavy atom. The zero-order chi connectivity index (χ0) is 16.0. The smallest absolute Gasteiger partial charge is 0.331 e. The van der Waals surface area contributed by atoms with Crippen molar-refractivity contribution in [1.29, 1.82) is 0 Å². The first kappa shape index (κ1) is 17.5. The van der Waals surface area contributed by atoms with Gasteiger partial charge in [-0.2, -0.15) is 0 Å². The number of carbonyl (C=O) groups excluding carboxylic acids is 1. The first-order chi connectivity index (χ1) is 9.82. The van der Waals surface area contributed by atoms with Crippen molar-refractivity contribution in [3.8, 4) is 5.75 Å². The number of carbonyl (C=O) groups is 2. The van der Waals surface area contributed by atoms with Gasteiger partial charge in [0.15, 0.2) is 5.54 Å². The first-order valence-corrected chi connectivity index (χ1v) is 6.97. The number of amides is 1. The third kappa shape index (κ3) is 4.71. The highest BCUT2D eigenvalue weighted by atomic mass is 79.9. The molecule has 1 amide bonds. The molecule has 0 spiro atoms. The Hall–Kier alpha value is -1.60. The molecule has 1 aromatic rings. The van der Waals surface area contributed by atoms with Crippen molar-refractivity contribution >= 4 is 27.8 Å². The molecule has 0 aromatic heterocycles. The lowest BCUT2D eigenvalue weighted by Gasteiger charge is -2.25. The molecule has 7 heteroatoms. The lowest BCUT2D eigenvalue weighted by molar-refractivity contribution is -0.149. The Morgan fingerprint density at radius 2 is 2.05 bits per heavy atom. The molecule has 1 atom stereocenters. The van der Waals surface area contributed by atoms with Gasteiger partial charge >= 0.3 is 5.97 Å². The molecule has 1 unspecified atom stereocenters. The first-order valence-electron chi connectivity index (χ1n) is 6.18. The summed E-state index contributed by atoms with van der Waals surface area (Å²) in [6, 6.07) is 5.29. The molecule has 1 rings (SSSR count). The maximum atomic E-state index is 12.1. The van der Waals surface area contributed by atoms with Crippen LogP contribution in [0.5, 0.6) is 5.75 Å². The third-order valence-electron chi connectivity index (χ3n) is 2.91. The van der Waals surface area contributed by atoms with Gasteiger partial charge in [0.25, 0.3) is 0 Å². The maximum absolute atomic E-state index is 12.1. The van der Waals surface area contributed by atoms with Crippen molar-refractivity contribution in [2.75, 3.05) is 20.8 Å². The molecule has 0 aliphatic carbocycles. The fourth-order valence-corrected chi connectivity index (χ4v) is 2.26. The van der Waals surface area contributed by atoms with Crippen molar-refractivity contribution < 1.29 is 24.2 Å². The number of benzene rings is 1. The molecule has 0 saturated heterocycles. The Bertz CT molecular complexity index is 534. The van der Waals surface area contributed by atoms with Gasteiger partial charge in [0.2, 0.25) is 5.91 Å². The normalized spacial score (nSPS) is 13.3. The zero-order valence-corrected chi connectivity index (χ0v) is 13.7. The molecule has 0 bridgehead atoms. The minimum Gasteiger partial charge on any atom is -0.496 e. The van der Waals surface area contributed by atoms with E-state index in [0.29, 0.717) is 11.3 Å². The number of nitrogens with one attached hydrogen (secondary N) is 1. The second kappa shape index (κ2) is 7.42.